The third-order valence-corrected chi connectivity index (χ3v) is 3.17. The Kier molecular flexibility index (Phi) is 3.73. The highest BCUT2D eigenvalue weighted by molar-refractivity contribution is 5.75. The molecule has 0 radical (unpaired) electrons. The predicted molar refractivity (Wildman–Crippen MR) is 57.2 cm³/mol. The van der Waals surface area contributed by atoms with Crippen LogP contribution in [0.4, 0.5) is 0 Å². The lowest BCUT2D eigenvalue weighted by Crippen LogP contribution is -2.32. The Morgan fingerprint density at radius 3 is 2.29 bits per heavy atom. The Morgan fingerprint density at radius 1 is 1.29 bits per heavy atom. The molecule has 1 N–H and O–H groups in total. The largest absolute Gasteiger partial charge is 0.481 e. The topological polar surface area (TPSA) is 37.3 Å². The second-order valence-corrected chi connectivity index (χ2v) is 4.63. The molecular weight excluding hydrogens is 176 g/mol. The van der Waals surface area contributed by atoms with Crippen LogP contribution in [0.5, 0.6) is 0 Å². The first-order valence-corrected chi connectivity index (χ1v) is 5.44. The first kappa shape index (κ1) is 11.3. The van der Waals surface area contributed by atoms with Crippen molar-refractivity contribution in [2.75, 3.05) is 0 Å². The van der Waals surface area contributed by atoms with Crippen LogP contribution in [-0.4, -0.2) is 11.1 Å². The quantitative estimate of drug-likeness (QED) is 0.702. The molecule has 0 aliphatic heterocycles. The SMILES string of the molecule is CC(C)=CCC1(C(=O)O)CCCCC1. The molecule has 0 unspecified atom stereocenters. The summed E-state index contributed by atoms with van der Waals surface area (Å²) in [6.45, 7) is 4.05. The van der Waals surface area contributed by atoms with Gasteiger partial charge in [-0.1, -0.05) is 30.9 Å². The monoisotopic (exact) mass is 196 g/mol. The normalized spacial score (nSPS) is 20.1. The summed E-state index contributed by atoms with van der Waals surface area (Å²) >= 11 is 0. The summed E-state index contributed by atoms with van der Waals surface area (Å²) in [6.07, 6.45) is 7.83. The standard InChI is InChI=1S/C12H20O2/c1-10(2)6-9-12(11(13)14)7-4-3-5-8-12/h6H,3-5,7-9H2,1-2H3,(H,13,14). The van der Waals surface area contributed by atoms with Gasteiger partial charge in [-0.15, -0.1) is 0 Å². The summed E-state index contributed by atoms with van der Waals surface area (Å²) in [5, 5.41) is 9.27. The molecule has 0 aromatic rings. The molecule has 1 rings (SSSR count). The smallest absolute Gasteiger partial charge is 0.309 e. The summed E-state index contributed by atoms with van der Waals surface area (Å²) in [7, 11) is 0. The molecular formula is C12H20O2. The Hall–Kier alpha value is -0.790. The van der Waals surface area contributed by atoms with Gasteiger partial charge in [0.1, 0.15) is 0 Å². The molecule has 0 bridgehead atoms. The van der Waals surface area contributed by atoms with Crippen LogP contribution in [0.3, 0.4) is 0 Å². The van der Waals surface area contributed by atoms with Gasteiger partial charge in [0.2, 0.25) is 0 Å². The molecule has 0 spiro atoms. The highest BCUT2D eigenvalue weighted by atomic mass is 16.4. The summed E-state index contributed by atoms with van der Waals surface area (Å²) in [5.41, 5.74) is 0.770. The highest BCUT2D eigenvalue weighted by Crippen LogP contribution is 2.40. The number of aliphatic carboxylic acids is 1. The van der Waals surface area contributed by atoms with Gasteiger partial charge in [0.15, 0.2) is 0 Å². The fraction of sp³-hybridized carbons (Fsp3) is 0.750. The van der Waals surface area contributed by atoms with Crippen LogP contribution >= 0.6 is 0 Å². The predicted octanol–water partition coefficient (Wildman–Crippen LogP) is 3.38. The molecule has 14 heavy (non-hydrogen) atoms. The summed E-state index contributed by atoms with van der Waals surface area (Å²) in [5.74, 6) is -0.602. The molecule has 1 aliphatic carbocycles. The zero-order valence-electron chi connectivity index (χ0n) is 9.18. The van der Waals surface area contributed by atoms with Crippen molar-refractivity contribution < 1.29 is 9.90 Å². The molecule has 2 heteroatoms. The van der Waals surface area contributed by atoms with Crippen molar-refractivity contribution >= 4 is 5.97 Å². The Morgan fingerprint density at radius 2 is 1.86 bits per heavy atom. The third-order valence-electron chi connectivity index (χ3n) is 3.17. The lowest BCUT2D eigenvalue weighted by molar-refractivity contribution is -0.150. The van der Waals surface area contributed by atoms with Gasteiger partial charge in [-0.25, -0.2) is 0 Å². The fourth-order valence-corrected chi connectivity index (χ4v) is 2.13. The fourth-order valence-electron chi connectivity index (χ4n) is 2.13. The van der Waals surface area contributed by atoms with Gasteiger partial charge < -0.3 is 5.11 Å². The molecule has 1 saturated carbocycles. The summed E-state index contributed by atoms with van der Waals surface area (Å²) < 4.78 is 0. The van der Waals surface area contributed by atoms with Crippen molar-refractivity contribution in [3.05, 3.63) is 11.6 Å². The van der Waals surface area contributed by atoms with Crippen LogP contribution in [0, 0.1) is 5.41 Å². The van der Waals surface area contributed by atoms with Gasteiger partial charge in [-0.05, 0) is 33.1 Å². The molecule has 1 fully saturated rings. The molecule has 80 valence electrons. The van der Waals surface area contributed by atoms with Crippen molar-refractivity contribution in [1.82, 2.24) is 0 Å². The third kappa shape index (κ3) is 2.60. The van der Waals surface area contributed by atoms with Gasteiger partial charge >= 0.3 is 5.97 Å². The van der Waals surface area contributed by atoms with E-state index in [1.807, 2.05) is 13.8 Å². The average molecular weight is 196 g/mol. The zero-order chi connectivity index (χ0) is 10.6. The molecule has 1 aliphatic rings. The van der Waals surface area contributed by atoms with E-state index in [0.29, 0.717) is 6.42 Å². The number of rotatable bonds is 3. The first-order valence-electron chi connectivity index (χ1n) is 5.44. The van der Waals surface area contributed by atoms with Crippen molar-refractivity contribution in [3.8, 4) is 0 Å². The second kappa shape index (κ2) is 4.63. The van der Waals surface area contributed by atoms with Crippen molar-refractivity contribution in [2.24, 2.45) is 5.41 Å². The molecule has 0 aromatic carbocycles. The Bertz CT molecular complexity index is 231. The van der Waals surface area contributed by atoms with Gasteiger partial charge in [-0.2, -0.15) is 0 Å². The van der Waals surface area contributed by atoms with E-state index in [1.165, 1.54) is 12.0 Å². The Labute approximate surface area is 86.0 Å². The van der Waals surface area contributed by atoms with Crippen LogP contribution in [-0.2, 0) is 4.79 Å². The maximum atomic E-state index is 11.3. The summed E-state index contributed by atoms with van der Waals surface area (Å²) in [4.78, 5) is 11.3. The molecule has 0 heterocycles. The van der Waals surface area contributed by atoms with Crippen LogP contribution in [0.25, 0.3) is 0 Å². The van der Waals surface area contributed by atoms with Gasteiger partial charge in [0.25, 0.3) is 0 Å². The second-order valence-electron chi connectivity index (χ2n) is 4.63. The van der Waals surface area contributed by atoms with Crippen LogP contribution in [0.1, 0.15) is 52.4 Å². The molecule has 0 aromatic heterocycles. The van der Waals surface area contributed by atoms with E-state index in [9.17, 15) is 9.90 Å². The van der Waals surface area contributed by atoms with E-state index in [0.717, 1.165) is 25.7 Å². The number of allylic oxidation sites excluding steroid dienone is 2. The Balaban J connectivity index is 2.70. The number of hydrogen-bond acceptors (Lipinski definition) is 1. The molecule has 0 amide bonds. The maximum absolute atomic E-state index is 11.3. The molecule has 0 saturated heterocycles. The van der Waals surface area contributed by atoms with Crippen molar-refractivity contribution in [1.29, 1.82) is 0 Å². The van der Waals surface area contributed by atoms with Crippen LogP contribution in [0.15, 0.2) is 11.6 Å². The van der Waals surface area contributed by atoms with Gasteiger partial charge in [0, 0.05) is 0 Å². The van der Waals surface area contributed by atoms with Crippen LogP contribution < -0.4 is 0 Å². The minimum Gasteiger partial charge on any atom is -0.481 e. The minimum absolute atomic E-state index is 0.449. The molecule has 0 atom stereocenters. The van der Waals surface area contributed by atoms with E-state index in [-0.39, 0.29) is 0 Å². The number of carboxylic acid groups (broad SMARTS) is 1. The maximum Gasteiger partial charge on any atom is 0.309 e. The number of carbonyl (C=O) groups is 1. The number of carboxylic acids is 1. The average Bonchev–Trinajstić information content (AvgIpc) is 2.16. The van der Waals surface area contributed by atoms with Gasteiger partial charge in [-0.3, -0.25) is 4.79 Å². The van der Waals surface area contributed by atoms with Gasteiger partial charge in [0.05, 0.1) is 5.41 Å². The van der Waals surface area contributed by atoms with Crippen molar-refractivity contribution in [3.63, 3.8) is 0 Å². The highest BCUT2D eigenvalue weighted by Gasteiger charge is 2.38. The van der Waals surface area contributed by atoms with E-state index < -0.39 is 11.4 Å². The summed E-state index contributed by atoms with van der Waals surface area (Å²) in [6, 6.07) is 0. The lowest BCUT2D eigenvalue weighted by Gasteiger charge is -2.32. The van der Waals surface area contributed by atoms with Crippen molar-refractivity contribution in [2.45, 2.75) is 52.4 Å². The van der Waals surface area contributed by atoms with E-state index in [2.05, 4.69) is 6.08 Å². The van der Waals surface area contributed by atoms with Crippen LogP contribution in [0.2, 0.25) is 0 Å². The molecule has 2 nitrogen and oxygen atoms in total. The van der Waals surface area contributed by atoms with E-state index in [4.69, 9.17) is 0 Å². The minimum atomic E-state index is -0.602. The first-order chi connectivity index (χ1) is 6.57. The van der Waals surface area contributed by atoms with E-state index in [1.54, 1.807) is 0 Å². The lowest BCUT2D eigenvalue weighted by atomic mass is 9.71. The number of hydrogen-bond donors (Lipinski definition) is 1. The zero-order valence-corrected chi connectivity index (χ0v) is 9.18. The van der Waals surface area contributed by atoms with E-state index >= 15 is 0 Å².